The van der Waals surface area contributed by atoms with Crippen molar-refractivity contribution in [3.63, 3.8) is 0 Å². The molecule has 0 radical (unpaired) electrons. The summed E-state index contributed by atoms with van der Waals surface area (Å²) >= 11 is 2.68. The van der Waals surface area contributed by atoms with Gasteiger partial charge in [-0.15, -0.1) is 0 Å². The number of alkyl halides is 1. The van der Waals surface area contributed by atoms with Gasteiger partial charge in [0, 0.05) is 0 Å². The number of benzene rings is 1. The normalized spacial score (nSPS) is 10.2. The number of ketones is 1. The molecular weight excluding hydrogens is 345 g/mol. The highest BCUT2D eigenvalue weighted by Crippen LogP contribution is 2.33. The molecule has 110 valence electrons. The molecule has 1 rings (SSSR count). The van der Waals surface area contributed by atoms with Crippen LogP contribution < -0.4 is 4.74 Å². The van der Waals surface area contributed by atoms with Crippen molar-refractivity contribution < 1.29 is 32.2 Å². The summed E-state index contributed by atoms with van der Waals surface area (Å²) < 4.78 is 47.9. The van der Waals surface area contributed by atoms with Gasteiger partial charge in [0.1, 0.15) is 12.2 Å². The largest absolute Gasteiger partial charge is 0.466 e. The van der Waals surface area contributed by atoms with Crippen molar-refractivity contribution >= 4 is 27.7 Å². The lowest BCUT2D eigenvalue weighted by atomic mass is 10.1. The zero-order chi connectivity index (χ0) is 15.3. The van der Waals surface area contributed by atoms with Gasteiger partial charge in [-0.2, -0.15) is 0 Å². The van der Waals surface area contributed by atoms with E-state index < -0.39 is 52.5 Å². The Balaban J connectivity index is 3.12. The van der Waals surface area contributed by atoms with Crippen LogP contribution in [0.3, 0.4) is 0 Å². The van der Waals surface area contributed by atoms with Crippen molar-refractivity contribution in [1.82, 2.24) is 0 Å². The van der Waals surface area contributed by atoms with Crippen LogP contribution in [0.5, 0.6) is 5.75 Å². The predicted octanol–water partition coefficient (Wildman–Crippen LogP) is 3.17. The summed E-state index contributed by atoms with van der Waals surface area (Å²) in [5, 5.41) is 0. The first-order chi connectivity index (χ1) is 9.42. The maximum atomic E-state index is 13.9. The van der Waals surface area contributed by atoms with E-state index in [2.05, 4.69) is 25.4 Å². The molecule has 0 aliphatic rings. The lowest BCUT2D eigenvalue weighted by molar-refractivity contribution is -0.141. The molecule has 20 heavy (non-hydrogen) atoms. The maximum absolute atomic E-state index is 13.9. The van der Waals surface area contributed by atoms with Crippen molar-refractivity contribution in [2.75, 3.05) is 13.5 Å². The van der Waals surface area contributed by atoms with Gasteiger partial charge in [0.2, 0.25) is 6.86 Å². The van der Waals surface area contributed by atoms with E-state index in [4.69, 9.17) is 0 Å². The summed E-state index contributed by atoms with van der Waals surface area (Å²) in [6.07, 6.45) is -0.749. The highest BCUT2D eigenvalue weighted by Gasteiger charge is 2.24. The van der Waals surface area contributed by atoms with Crippen LogP contribution in [-0.4, -0.2) is 25.2 Å². The number of ether oxygens (including phenoxy) is 2. The van der Waals surface area contributed by atoms with Crippen LogP contribution in [0, 0.1) is 11.6 Å². The Bertz CT molecular complexity index is 534. The summed E-state index contributed by atoms with van der Waals surface area (Å²) in [7, 11) is 0. The third-order valence-corrected chi connectivity index (χ3v) is 2.96. The molecule has 0 saturated heterocycles. The molecular formula is C12H10BrF3O4. The lowest BCUT2D eigenvalue weighted by Gasteiger charge is -2.10. The molecule has 0 atom stereocenters. The molecule has 1 aromatic rings. The molecule has 0 spiro atoms. The topological polar surface area (TPSA) is 52.6 Å². The summed E-state index contributed by atoms with van der Waals surface area (Å²) in [6, 6.07) is 0.603. The first kappa shape index (κ1) is 16.5. The SMILES string of the molecule is CCOC(=O)CC(=O)c1cc(F)c(Br)c(OCF)c1F. The first-order valence-electron chi connectivity index (χ1n) is 5.47. The Morgan fingerprint density at radius 2 is 2.00 bits per heavy atom. The van der Waals surface area contributed by atoms with Gasteiger partial charge in [-0.1, -0.05) is 0 Å². The van der Waals surface area contributed by atoms with E-state index in [9.17, 15) is 22.8 Å². The average molecular weight is 355 g/mol. The van der Waals surface area contributed by atoms with Crippen LogP contribution >= 0.6 is 15.9 Å². The average Bonchev–Trinajstić information content (AvgIpc) is 2.39. The highest BCUT2D eigenvalue weighted by molar-refractivity contribution is 9.10. The molecule has 0 heterocycles. The van der Waals surface area contributed by atoms with Crippen molar-refractivity contribution in [2.45, 2.75) is 13.3 Å². The van der Waals surface area contributed by atoms with Crippen molar-refractivity contribution in [2.24, 2.45) is 0 Å². The molecule has 0 amide bonds. The van der Waals surface area contributed by atoms with Crippen molar-refractivity contribution in [3.05, 3.63) is 27.7 Å². The Labute approximate surface area is 121 Å². The van der Waals surface area contributed by atoms with Crippen LogP contribution in [0.15, 0.2) is 10.5 Å². The number of carbonyl (C=O) groups excluding carboxylic acids is 2. The molecule has 0 fully saturated rings. The minimum atomic E-state index is -1.40. The highest BCUT2D eigenvalue weighted by atomic mass is 79.9. The number of hydrogen-bond donors (Lipinski definition) is 0. The molecule has 4 nitrogen and oxygen atoms in total. The fraction of sp³-hybridized carbons (Fsp3) is 0.333. The summed E-state index contributed by atoms with van der Waals surface area (Å²) in [4.78, 5) is 22.8. The number of carbonyl (C=O) groups is 2. The van der Waals surface area contributed by atoms with Crippen LogP contribution in [0.4, 0.5) is 13.2 Å². The van der Waals surface area contributed by atoms with Gasteiger partial charge in [0.25, 0.3) is 0 Å². The molecule has 0 aliphatic heterocycles. The Morgan fingerprint density at radius 3 is 2.55 bits per heavy atom. The van der Waals surface area contributed by atoms with Crippen LogP contribution in [0.2, 0.25) is 0 Å². The van der Waals surface area contributed by atoms with Crippen LogP contribution in [-0.2, 0) is 9.53 Å². The minimum Gasteiger partial charge on any atom is -0.466 e. The predicted molar refractivity (Wildman–Crippen MR) is 66.2 cm³/mol. The molecule has 0 aliphatic carbocycles. The second-order valence-corrected chi connectivity index (χ2v) is 4.31. The van der Waals surface area contributed by atoms with Gasteiger partial charge in [0.05, 0.1) is 16.6 Å². The number of Topliss-reactive ketones (excluding diaryl/α,β-unsaturated/α-hetero) is 1. The van der Waals surface area contributed by atoms with Crippen molar-refractivity contribution in [3.8, 4) is 5.75 Å². The fourth-order valence-corrected chi connectivity index (χ4v) is 1.81. The number of halogens is 4. The summed E-state index contributed by atoms with van der Waals surface area (Å²) in [5.74, 6) is -4.88. The third-order valence-electron chi connectivity index (χ3n) is 2.23. The molecule has 8 heteroatoms. The second-order valence-electron chi connectivity index (χ2n) is 3.52. The van der Waals surface area contributed by atoms with E-state index >= 15 is 0 Å². The van der Waals surface area contributed by atoms with E-state index in [0.29, 0.717) is 6.07 Å². The standard InChI is InChI=1S/C12H10BrF3O4/c1-2-19-9(18)4-8(17)6-3-7(15)10(13)12(11(6)16)20-5-14/h3H,2,4-5H2,1H3. The second kappa shape index (κ2) is 7.28. The van der Waals surface area contributed by atoms with Gasteiger partial charge in [0.15, 0.2) is 17.3 Å². The Hall–Kier alpha value is -1.57. The van der Waals surface area contributed by atoms with E-state index in [1.165, 1.54) is 6.92 Å². The zero-order valence-corrected chi connectivity index (χ0v) is 11.9. The monoisotopic (exact) mass is 354 g/mol. The number of hydrogen-bond acceptors (Lipinski definition) is 4. The van der Waals surface area contributed by atoms with E-state index in [0.717, 1.165) is 0 Å². The Morgan fingerprint density at radius 1 is 1.35 bits per heavy atom. The summed E-state index contributed by atoms with van der Waals surface area (Å²) in [5.41, 5.74) is -0.706. The first-order valence-corrected chi connectivity index (χ1v) is 6.26. The molecule has 0 unspecified atom stereocenters. The summed E-state index contributed by atoms with van der Waals surface area (Å²) in [6.45, 7) is 0.194. The van der Waals surface area contributed by atoms with Gasteiger partial charge < -0.3 is 9.47 Å². The van der Waals surface area contributed by atoms with Crippen LogP contribution in [0.25, 0.3) is 0 Å². The van der Waals surface area contributed by atoms with E-state index in [1.54, 1.807) is 0 Å². The molecule has 0 saturated carbocycles. The maximum Gasteiger partial charge on any atom is 0.313 e. The van der Waals surface area contributed by atoms with Gasteiger partial charge in [-0.05, 0) is 28.9 Å². The van der Waals surface area contributed by atoms with E-state index in [1.807, 2.05) is 0 Å². The van der Waals surface area contributed by atoms with Crippen molar-refractivity contribution in [1.29, 1.82) is 0 Å². The Kier molecular flexibility index (Phi) is 6.00. The van der Waals surface area contributed by atoms with Gasteiger partial charge in [-0.3, -0.25) is 9.59 Å². The van der Waals surface area contributed by atoms with Gasteiger partial charge in [-0.25, -0.2) is 13.2 Å². The lowest BCUT2D eigenvalue weighted by Crippen LogP contribution is -2.14. The van der Waals surface area contributed by atoms with Gasteiger partial charge >= 0.3 is 5.97 Å². The third kappa shape index (κ3) is 3.72. The molecule has 0 bridgehead atoms. The fourth-order valence-electron chi connectivity index (χ4n) is 1.40. The molecule has 0 aromatic heterocycles. The quantitative estimate of drug-likeness (QED) is 0.341. The molecule has 1 aromatic carbocycles. The smallest absolute Gasteiger partial charge is 0.313 e. The number of esters is 1. The van der Waals surface area contributed by atoms with Crippen LogP contribution in [0.1, 0.15) is 23.7 Å². The number of rotatable bonds is 6. The van der Waals surface area contributed by atoms with E-state index in [-0.39, 0.29) is 6.61 Å². The molecule has 0 N–H and O–H groups in total. The zero-order valence-electron chi connectivity index (χ0n) is 10.3. The minimum absolute atomic E-state index is 0.0551.